The van der Waals surface area contributed by atoms with Gasteiger partial charge in [-0.1, -0.05) is 47.5 Å². The van der Waals surface area contributed by atoms with Gasteiger partial charge in [-0.3, -0.25) is 9.36 Å². The summed E-state index contributed by atoms with van der Waals surface area (Å²) in [5, 5.41) is 9.15. The number of thioether (sulfide) groups is 1. The lowest BCUT2D eigenvalue weighted by Crippen LogP contribution is -2.23. The quantitative estimate of drug-likeness (QED) is 0.320. The largest absolute Gasteiger partial charge is 0.425 e. The second-order valence-corrected chi connectivity index (χ2v) is 7.58. The first-order chi connectivity index (χ1) is 12.1. The monoisotopic (exact) mass is 422 g/mol. The average Bonchev–Trinajstić information content (AvgIpc) is 3.01. The smallest absolute Gasteiger partial charge is 0.262 e. The summed E-state index contributed by atoms with van der Waals surface area (Å²) in [6.07, 6.45) is 3.13. The molecule has 0 N–H and O–H groups in total. The molecule has 1 aromatic carbocycles. The number of unbranched alkanes of at least 4 members (excludes halogenated alkanes) is 2. The van der Waals surface area contributed by atoms with E-state index in [0.717, 1.165) is 23.7 Å². The molecule has 25 heavy (non-hydrogen) atoms. The van der Waals surface area contributed by atoms with Gasteiger partial charge in [0.2, 0.25) is 11.8 Å². The number of aryl methyl sites for hydroxylation is 1. The molecule has 0 amide bonds. The van der Waals surface area contributed by atoms with E-state index >= 15 is 0 Å². The van der Waals surface area contributed by atoms with Crippen LogP contribution >= 0.6 is 27.7 Å². The van der Waals surface area contributed by atoms with E-state index in [1.165, 1.54) is 11.8 Å². The lowest BCUT2D eigenvalue weighted by atomic mass is 10.2. The predicted octanol–water partition coefficient (Wildman–Crippen LogP) is 4.33. The van der Waals surface area contributed by atoms with Gasteiger partial charge in [0.05, 0.1) is 16.7 Å². The third-order valence-corrected chi connectivity index (χ3v) is 5.21. The fraction of sp³-hybridized carbons (Fsp3) is 0.412. The summed E-state index contributed by atoms with van der Waals surface area (Å²) >= 11 is 4.88. The molecule has 0 saturated carbocycles. The number of benzene rings is 1. The summed E-state index contributed by atoms with van der Waals surface area (Å²) in [6, 6.07) is 5.58. The molecular weight excluding hydrogens is 404 g/mol. The van der Waals surface area contributed by atoms with Gasteiger partial charge < -0.3 is 4.42 Å². The predicted molar refractivity (Wildman–Crippen MR) is 102 cm³/mol. The van der Waals surface area contributed by atoms with E-state index in [1.54, 1.807) is 11.5 Å². The maximum absolute atomic E-state index is 12.9. The fourth-order valence-electron chi connectivity index (χ4n) is 2.52. The zero-order valence-electron chi connectivity index (χ0n) is 14.2. The van der Waals surface area contributed by atoms with Crippen molar-refractivity contribution in [1.82, 2.24) is 19.7 Å². The van der Waals surface area contributed by atoms with E-state index in [0.29, 0.717) is 40.1 Å². The van der Waals surface area contributed by atoms with Crippen LogP contribution in [0.4, 0.5) is 0 Å². The molecule has 2 aromatic heterocycles. The summed E-state index contributed by atoms with van der Waals surface area (Å²) in [6.45, 7) is 4.56. The first kappa shape index (κ1) is 18.1. The number of aromatic nitrogens is 4. The van der Waals surface area contributed by atoms with Crippen LogP contribution in [0.1, 0.15) is 38.0 Å². The maximum atomic E-state index is 12.9. The molecule has 0 bridgehead atoms. The normalized spacial score (nSPS) is 11.3. The molecular formula is C17H19BrN4O2S. The Kier molecular flexibility index (Phi) is 5.90. The molecule has 0 aliphatic rings. The highest BCUT2D eigenvalue weighted by atomic mass is 79.9. The molecule has 0 radical (unpaired) electrons. The maximum Gasteiger partial charge on any atom is 0.262 e. The Hall–Kier alpha value is -1.67. The molecule has 3 rings (SSSR count). The lowest BCUT2D eigenvalue weighted by Gasteiger charge is -2.12. The van der Waals surface area contributed by atoms with Crippen LogP contribution in [-0.2, 0) is 12.3 Å². The number of nitrogens with zero attached hydrogens (tertiary/aromatic N) is 4. The standard InChI is InChI=1S/C17H19BrN4O2S/c1-3-4-5-8-22-16(23)13-9-12(18)6-7-14(13)19-17(22)25-10-15-21-20-11(2)24-15/h6-7,9H,3-5,8,10H2,1-2H3. The molecule has 0 unspecified atom stereocenters. The number of fused-ring (bicyclic) bond motifs is 1. The van der Waals surface area contributed by atoms with Crippen LogP contribution in [0.25, 0.3) is 10.9 Å². The van der Waals surface area contributed by atoms with E-state index in [1.807, 2.05) is 18.2 Å². The van der Waals surface area contributed by atoms with Gasteiger partial charge in [0.25, 0.3) is 5.56 Å². The van der Waals surface area contributed by atoms with Crippen molar-refractivity contribution < 1.29 is 4.42 Å². The zero-order valence-corrected chi connectivity index (χ0v) is 16.6. The van der Waals surface area contributed by atoms with Crippen molar-refractivity contribution >= 4 is 38.6 Å². The average molecular weight is 423 g/mol. The molecule has 0 saturated heterocycles. The molecule has 0 aliphatic carbocycles. The van der Waals surface area contributed by atoms with Crippen LogP contribution in [0.3, 0.4) is 0 Å². The molecule has 0 fully saturated rings. The summed E-state index contributed by atoms with van der Waals surface area (Å²) < 4.78 is 8.05. The van der Waals surface area contributed by atoms with Gasteiger partial charge in [0.1, 0.15) is 0 Å². The minimum absolute atomic E-state index is 0.00777. The Morgan fingerprint density at radius 1 is 1.28 bits per heavy atom. The van der Waals surface area contributed by atoms with E-state index in [-0.39, 0.29) is 5.56 Å². The highest BCUT2D eigenvalue weighted by Gasteiger charge is 2.13. The Bertz CT molecular complexity index is 938. The van der Waals surface area contributed by atoms with Crippen molar-refractivity contribution in [2.24, 2.45) is 0 Å². The number of hydrogen-bond acceptors (Lipinski definition) is 6. The van der Waals surface area contributed by atoms with Gasteiger partial charge in [-0.2, -0.15) is 0 Å². The van der Waals surface area contributed by atoms with Crippen LogP contribution in [-0.4, -0.2) is 19.7 Å². The minimum atomic E-state index is -0.00777. The molecule has 0 atom stereocenters. The Balaban J connectivity index is 1.96. The molecule has 0 aliphatic heterocycles. The van der Waals surface area contributed by atoms with Crippen LogP contribution < -0.4 is 5.56 Å². The molecule has 132 valence electrons. The molecule has 2 heterocycles. The van der Waals surface area contributed by atoms with E-state index in [4.69, 9.17) is 9.40 Å². The van der Waals surface area contributed by atoms with Gasteiger partial charge in [-0.25, -0.2) is 4.98 Å². The molecule has 8 heteroatoms. The number of rotatable bonds is 7. The summed E-state index contributed by atoms with van der Waals surface area (Å²) in [5.74, 6) is 1.56. The first-order valence-corrected chi connectivity index (χ1v) is 9.98. The van der Waals surface area contributed by atoms with E-state index in [9.17, 15) is 4.79 Å². The highest BCUT2D eigenvalue weighted by molar-refractivity contribution is 9.10. The van der Waals surface area contributed by atoms with Gasteiger partial charge in [0.15, 0.2) is 5.16 Å². The van der Waals surface area contributed by atoms with Crippen LogP contribution in [0.15, 0.2) is 37.0 Å². The highest BCUT2D eigenvalue weighted by Crippen LogP contribution is 2.23. The Morgan fingerprint density at radius 2 is 2.12 bits per heavy atom. The van der Waals surface area contributed by atoms with Crippen LogP contribution in [0.5, 0.6) is 0 Å². The third kappa shape index (κ3) is 4.30. The third-order valence-electron chi connectivity index (χ3n) is 3.76. The second-order valence-electron chi connectivity index (χ2n) is 5.72. The summed E-state index contributed by atoms with van der Waals surface area (Å²) in [5.41, 5.74) is 0.691. The molecule has 6 nitrogen and oxygen atoms in total. The van der Waals surface area contributed by atoms with Crippen molar-refractivity contribution in [1.29, 1.82) is 0 Å². The number of halogens is 1. The first-order valence-electron chi connectivity index (χ1n) is 8.20. The van der Waals surface area contributed by atoms with Gasteiger partial charge >= 0.3 is 0 Å². The zero-order chi connectivity index (χ0) is 17.8. The SMILES string of the molecule is CCCCCn1c(SCc2nnc(C)o2)nc2ccc(Br)cc2c1=O. The lowest BCUT2D eigenvalue weighted by molar-refractivity contribution is 0.484. The summed E-state index contributed by atoms with van der Waals surface area (Å²) in [4.78, 5) is 17.6. The van der Waals surface area contributed by atoms with Crippen molar-refractivity contribution in [3.05, 3.63) is 44.8 Å². The summed E-state index contributed by atoms with van der Waals surface area (Å²) in [7, 11) is 0. The minimum Gasteiger partial charge on any atom is -0.425 e. The van der Waals surface area contributed by atoms with Gasteiger partial charge in [-0.05, 0) is 24.6 Å². The van der Waals surface area contributed by atoms with Gasteiger partial charge in [-0.15, -0.1) is 10.2 Å². The van der Waals surface area contributed by atoms with Crippen molar-refractivity contribution in [3.63, 3.8) is 0 Å². The number of hydrogen-bond donors (Lipinski definition) is 0. The fourth-order valence-corrected chi connectivity index (χ4v) is 3.75. The van der Waals surface area contributed by atoms with Crippen LogP contribution in [0.2, 0.25) is 0 Å². The van der Waals surface area contributed by atoms with Crippen molar-refractivity contribution in [3.8, 4) is 0 Å². The topological polar surface area (TPSA) is 73.8 Å². The van der Waals surface area contributed by atoms with Gasteiger partial charge in [0, 0.05) is 17.9 Å². The Morgan fingerprint density at radius 3 is 2.84 bits per heavy atom. The Labute approximate surface area is 158 Å². The molecule has 0 spiro atoms. The van der Waals surface area contributed by atoms with Crippen molar-refractivity contribution in [2.45, 2.75) is 50.6 Å². The second kappa shape index (κ2) is 8.14. The molecule has 3 aromatic rings. The van der Waals surface area contributed by atoms with Crippen LogP contribution in [0, 0.1) is 6.92 Å². The van der Waals surface area contributed by atoms with Crippen molar-refractivity contribution in [2.75, 3.05) is 0 Å². The van der Waals surface area contributed by atoms with E-state index < -0.39 is 0 Å². The van der Waals surface area contributed by atoms with E-state index in [2.05, 4.69) is 33.1 Å².